The molecule has 1 saturated carbocycles. The highest BCUT2D eigenvalue weighted by molar-refractivity contribution is 5.83. The third-order valence-corrected chi connectivity index (χ3v) is 7.51. The zero-order valence-electron chi connectivity index (χ0n) is 18.6. The van der Waals surface area contributed by atoms with Crippen LogP contribution in [0.25, 0.3) is 11.1 Å². The number of rotatable bonds is 5. The molecule has 2 aromatic carbocycles. The Bertz CT molecular complexity index is 1050. The SMILES string of the molecule is CC1C(C(=O)O)CCN1C(=O)C1CC(NC(=O)OCC2c3ccccc3-c3ccccc32)C1. The van der Waals surface area contributed by atoms with Crippen molar-refractivity contribution in [3.63, 3.8) is 0 Å². The van der Waals surface area contributed by atoms with Crippen LogP contribution in [0, 0.1) is 11.8 Å². The molecule has 0 spiro atoms. The summed E-state index contributed by atoms with van der Waals surface area (Å²) in [5, 5.41) is 12.1. The first-order valence-electron chi connectivity index (χ1n) is 11.6. The Kier molecular flexibility index (Phi) is 5.56. The lowest BCUT2D eigenvalue weighted by atomic mass is 9.79. The number of carboxylic acid groups (broad SMARTS) is 1. The van der Waals surface area contributed by atoms with Gasteiger partial charge in [-0.15, -0.1) is 0 Å². The molecular formula is C26H28N2O5. The zero-order chi connectivity index (χ0) is 23.1. The van der Waals surface area contributed by atoms with Crippen molar-refractivity contribution in [2.24, 2.45) is 11.8 Å². The largest absolute Gasteiger partial charge is 0.481 e. The van der Waals surface area contributed by atoms with Gasteiger partial charge in [-0.05, 0) is 48.4 Å². The number of likely N-dealkylation sites (tertiary alicyclic amines) is 1. The number of benzene rings is 2. The summed E-state index contributed by atoms with van der Waals surface area (Å²) >= 11 is 0. The van der Waals surface area contributed by atoms with Crippen LogP contribution in [0.1, 0.15) is 43.2 Å². The fourth-order valence-corrected chi connectivity index (χ4v) is 5.56. The predicted octanol–water partition coefficient (Wildman–Crippen LogP) is 3.63. The summed E-state index contributed by atoms with van der Waals surface area (Å²) in [6.45, 7) is 2.55. The molecule has 2 N–H and O–H groups in total. The number of aliphatic carboxylic acids is 1. The molecule has 2 fully saturated rings. The summed E-state index contributed by atoms with van der Waals surface area (Å²) in [7, 11) is 0. The molecule has 2 atom stereocenters. The zero-order valence-corrected chi connectivity index (χ0v) is 18.6. The molecule has 172 valence electrons. The Morgan fingerprint density at radius 1 is 1.03 bits per heavy atom. The van der Waals surface area contributed by atoms with E-state index < -0.39 is 18.0 Å². The van der Waals surface area contributed by atoms with Crippen LogP contribution >= 0.6 is 0 Å². The molecule has 1 aliphatic heterocycles. The number of carbonyl (C=O) groups excluding carboxylic acids is 2. The highest BCUT2D eigenvalue weighted by Crippen LogP contribution is 2.44. The first kappa shape index (κ1) is 21.5. The van der Waals surface area contributed by atoms with E-state index in [1.807, 2.05) is 24.3 Å². The van der Waals surface area contributed by atoms with Crippen LogP contribution in [0.2, 0.25) is 0 Å². The molecule has 2 unspecified atom stereocenters. The lowest BCUT2D eigenvalue weighted by molar-refractivity contribution is -0.144. The minimum atomic E-state index is -0.846. The molecule has 3 aliphatic rings. The van der Waals surface area contributed by atoms with E-state index in [1.165, 1.54) is 22.3 Å². The molecule has 2 amide bonds. The molecule has 1 saturated heterocycles. The van der Waals surface area contributed by atoms with E-state index >= 15 is 0 Å². The van der Waals surface area contributed by atoms with Crippen molar-refractivity contribution in [3.8, 4) is 11.1 Å². The van der Waals surface area contributed by atoms with Crippen molar-refractivity contribution in [3.05, 3.63) is 59.7 Å². The fourth-order valence-electron chi connectivity index (χ4n) is 5.56. The second-order valence-electron chi connectivity index (χ2n) is 9.34. The number of fused-ring (bicyclic) bond motifs is 3. The van der Waals surface area contributed by atoms with Crippen LogP contribution in [0.4, 0.5) is 4.79 Å². The average molecular weight is 449 g/mol. The molecule has 1 heterocycles. The first-order chi connectivity index (χ1) is 15.9. The Morgan fingerprint density at radius 3 is 2.21 bits per heavy atom. The first-order valence-corrected chi connectivity index (χ1v) is 11.6. The second kappa shape index (κ2) is 8.54. The van der Waals surface area contributed by atoms with Gasteiger partial charge in [-0.2, -0.15) is 0 Å². The third kappa shape index (κ3) is 3.86. The van der Waals surface area contributed by atoms with E-state index in [9.17, 15) is 19.5 Å². The van der Waals surface area contributed by atoms with Crippen LogP contribution in [-0.2, 0) is 14.3 Å². The number of ether oxygens (including phenoxy) is 1. The maximum absolute atomic E-state index is 12.8. The van der Waals surface area contributed by atoms with Crippen molar-refractivity contribution >= 4 is 18.0 Å². The van der Waals surface area contributed by atoms with Gasteiger partial charge in [0.25, 0.3) is 0 Å². The summed E-state index contributed by atoms with van der Waals surface area (Å²) in [5.74, 6) is -1.50. The monoisotopic (exact) mass is 448 g/mol. The van der Waals surface area contributed by atoms with Crippen molar-refractivity contribution in [2.75, 3.05) is 13.2 Å². The van der Waals surface area contributed by atoms with Crippen molar-refractivity contribution < 1.29 is 24.2 Å². The standard InChI is InChI=1S/C26H28N2O5/c1-15-18(25(30)31)10-11-28(15)24(29)16-12-17(13-16)27-26(32)33-14-23-21-8-4-2-6-19(21)20-7-3-5-9-22(20)23/h2-9,15-18,23H,10-14H2,1H3,(H,27,32)(H,30,31). The van der Waals surface area contributed by atoms with Gasteiger partial charge >= 0.3 is 12.1 Å². The second-order valence-corrected chi connectivity index (χ2v) is 9.34. The van der Waals surface area contributed by atoms with Crippen molar-refractivity contribution in [1.29, 1.82) is 0 Å². The van der Waals surface area contributed by atoms with Gasteiger partial charge in [0.2, 0.25) is 5.91 Å². The lowest BCUT2D eigenvalue weighted by Gasteiger charge is -2.38. The van der Waals surface area contributed by atoms with Gasteiger partial charge in [-0.1, -0.05) is 48.5 Å². The van der Waals surface area contributed by atoms with E-state index in [1.54, 1.807) is 11.8 Å². The molecule has 5 rings (SSSR count). The number of hydrogen-bond donors (Lipinski definition) is 2. The van der Waals surface area contributed by atoms with Gasteiger partial charge in [-0.3, -0.25) is 9.59 Å². The van der Waals surface area contributed by atoms with Gasteiger partial charge in [0, 0.05) is 30.5 Å². The Morgan fingerprint density at radius 2 is 1.64 bits per heavy atom. The van der Waals surface area contributed by atoms with Crippen LogP contribution in [0.3, 0.4) is 0 Å². The van der Waals surface area contributed by atoms with E-state index in [2.05, 4.69) is 29.6 Å². The Balaban J connectivity index is 1.12. The predicted molar refractivity (Wildman–Crippen MR) is 122 cm³/mol. The minimum absolute atomic E-state index is 0.00293. The van der Waals surface area contributed by atoms with Crippen molar-refractivity contribution in [1.82, 2.24) is 10.2 Å². The Hall–Kier alpha value is -3.35. The van der Waals surface area contributed by atoms with E-state index in [-0.39, 0.29) is 36.4 Å². The smallest absolute Gasteiger partial charge is 0.407 e. The highest BCUT2D eigenvalue weighted by atomic mass is 16.5. The normalized spacial score (nSPS) is 25.7. The lowest BCUT2D eigenvalue weighted by Crippen LogP contribution is -2.51. The van der Waals surface area contributed by atoms with E-state index in [4.69, 9.17) is 4.74 Å². The van der Waals surface area contributed by atoms with Crippen LogP contribution in [0.5, 0.6) is 0 Å². The molecule has 0 aromatic heterocycles. The van der Waals surface area contributed by atoms with Gasteiger partial charge in [-0.25, -0.2) is 4.79 Å². The number of nitrogens with zero attached hydrogens (tertiary/aromatic N) is 1. The molecule has 0 bridgehead atoms. The van der Waals surface area contributed by atoms with Crippen LogP contribution in [-0.4, -0.2) is 53.2 Å². The number of nitrogens with one attached hydrogen (secondary N) is 1. The number of hydrogen-bond acceptors (Lipinski definition) is 4. The summed E-state index contributed by atoms with van der Waals surface area (Å²) < 4.78 is 5.59. The van der Waals surface area contributed by atoms with Gasteiger partial charge in [0.1, 0.15) is 6.61 Å². The van der Waals surface area contributed by atoms with Crippen LogP contribution in [0.15, 0.2) is 48.5 Å². The summed E-state index contributed by atoms with van der Waals surface area (Å²) in [4.78, 5) is 38.2. The van der Waals surface area contributed by atoms with E-state index in [0.717, 1.165) is 0 Å². The number of alkyl carbamates (subject to hydrolysis) is 1. The minimum Gasteiger partial charge on any atom is -0.481 e. The molecular weight excluding hydrogens is 420 g/mol. The highest BCUT2D eigenvalue weighted by Gasteiger charge is 2.44. The average Bonchev–Trinajstić information content (AvgIpc) is 3.32. The molecule has 2 aromatic rings. The molecule has 7 nitrogen and oxygen atoms in total. The van der Waals surface area contributed by atoms with Gasteiger partial charge in [0.05, 0.1) is 5.92 Å². The third-order valence-electron chi connectivity index (χ3n) is 7.51. The van der Waals surface area contributed by atoms with Crippen molar-refractivity contribution in [2.45, 2.75) is 44.2 Å². The summed E-state index contributed by atoms with van der Waals surface area (Å²) in [5.41, 5.74) is 4.70. The number of amides is 2. The molecule has 0 radical (unpaired) electrons. The molecule has 33 heavy (non-hydrogen) atoms. The topological polar surface area (TPSA) is 95.9 Å². The maximum atomic E-state index is 12.8. The maximum Gasteiger partial charge on any atom is 0.407 e. The van der Waals surface area contributed by atoms with Gasteiger partial charge < -0.3 is 20.1 Å². The summed E-state index contributed by atoms with van der Waals surface area (Å²) in [6, 6.07) is 16.0. The molecule has 2 aliphatic carbocycles. The van der Waals surface area contributed by atoms with Gasteiger partial charge in [0.15, 0.2) is 0 Å². The summed E-state index contributed by atoms with van der Waals surface area (Å²) in [6.07, 6.45) is 1.15. The van der Waals surface area contributed by atoms with Crippen LogP contribution < -0.4 is 5.32 Å². The Labute approximate surface area is 192 Å². The number of carboxylic acids is 1. The molecule has 7 heteroatoms. The van der Waals surface area contributed by atoms with E-state index in [0.29, 0.717) is 25.8 Å². The quantitative estimate of drug-likeness (QED) is 0.728. The fraction of sp³-hybridized carbons (Fsp3) is 0.423. The number of carbonyl (C=O) groups is 3.